The molecule has 0 bridgehead atoms. The van der Waals surface area contributed by atoms with Gasteiger partial charge in [-0.2, -0.15) is 0 Å². The Morgan fingerprint density at radius 2 is 1.08 bits per heavy atom. The summed E-state index contributed by atoms with van der Waals surface area (Å²) in [5.41, 5.74) is -2.33. The number of methoxy groups -OCH3 is 6. The van der Waals surface area contributed by atoms with Gasteiger partial charge in [0, 0.05) is 17.4 Å². The second-order valence-electron chi connectivity index (χ2n) is 7.34. The molecule has 190 valence electrons. The summed E-state index contributed by atoms with van der Waals surface area (Å²) in [7, 11) is 3.60. The largest absolute Gasteiger partial charge is 0.496 e. The minimum Gasteiger partial charge on any atom is -0.496 e. The minimum absolute atomic E-state index is 0.0144. The van der Waals surface area contributed by atoms with Crippen LogP contribution in [0.15, 0.2) is 54.6 Å². The van der Waals surface area contributed by atoms with Crippen LogP contribution in [0.4, 0.5) is 0 Å². The number of hydrogen-bond acceptors (Lipinski definition) is 9. The van der Waals surface area contributed by atoms with Gasteiger partial charge in [0.25, 0.3) is 0 Å². The molecule has 1 atom stereocenters. The lowest BCUT2D eigenvalue weighted by molar-refractivity contribution is 0.103. The molecule has 3 rings (SSSR count). The van der Waals surface area contributed by atoms with Crippen molar-refractivity contribution in [1.82, 2.24) is 0 Å². The Labute approximate surface area is 209 Å². The Kier molecular flexibility index (Phi) is 8.27. The Hall–Kier alpha value is -3.97. The second kappa shape index (κ2) is 11.2. The summed E-state index contributed by atoms with van der Waals surface area (Å²) in [6, 6.07) is 13.7. The lowest BCUT2D eigenvalue weighted by atomic mass is 10.1. The summed E-state index contributed by atoms with van der Waals surface area (Å²) in [5, 5.41) is 0.0202. The van der Waals surface area contributed by atoms with E-state index >= 15 is 0 Å². The number of hydrogen-bond donors (Lipinski definition) is 0. The Balaban J connectivity index is 2.39. The fraction of sp³-hybridized carbons (Fsp3) is 0.231. The smallest absolute Gasteiger partial charge is 0.249 e. The van der Waals surface area contributed by atoms with E-state index in [0.717, 1.165) is 0 Å². The van der Waals surface area contributed by atoms with Gasteiger partial charge >= 0.3 is 0 Å². The van der Waals surface area contributed by atoms with Crippen molar-refractivity contribution in [2.24, 2.45) is 0 Å². The number of rotatable bonds is 11. The summed E-state index contributed by atoms with van der Waals surface area (Å²) in [6.07, 6.45) is 0. The highest BCUT2D eigenvalue weighted by molar-refractivity contribution is 8.01. The summed E-state index contributed by atoms with van der Waals surface area (Å²) < 4.78 is 47.1. The molecule has 0 aliphatic carbocycles. The molecule has 10 heteroatoms. The van der Waals surface area contributed by atoms with E-state index in [9.17, 15) is 14.2 Å². The Morgan fingerprint density at radius 3 is 1.56 bits per heavy atom. The molecule has 0 amide bonds. The molecule has 0 saturated heterocycles. The Bertz CT molecular complexity index is 1290. The van der Waals surface area contributed by atoms with Gasteiger partial charge in [0.15, 0.2) is 11.5 Å². The molecule has 0 radical (unpaired) electrons. The van der Waals surface area contributed by atoms with Crippen molar-refractivity contribution in [3.05, 3.63) is 65.7 Å². The lowest BCUT2D eigenvalue weighted by Gasteiger charge is -2.22. The van der Waals surface area contributed by atoms with E-state index in [4.69, 9.17) is 28.4 Å². The molecule has 1 unspecified atom stereocenters. The predicted molar refractivity (Wildman–Crippen MR) is 135 cm³/mol. The fourth-order valence-corrected chi connectivity index (χ4v) is 6.08. The molecular formula is C26H27O9P. The molecule has 3 aromatic carbocycles. The zero-order valence-electron chi connectivity index (χ0n) is 20.8. The topological polar surface area (TPSA) is 107 Å². The van der Waals surface area contributed by atoms with Crippen LogP contribution < -0.4 is 33.7 Å². The van der Waals surface area contributed by atoms with Crippen molar-refractivity contribution in [2.45, 2.75) is 0 Å². The van der Waals surface area contributed by atoms with Gasteiger partial charge in [-0.05, 0) is 12.1 Å². The van der Waals surface area contributed by atoms with Crippen molar-refractivity contribution in [1.29, 1.82) is 0 Å². The van der Waals surface area contributed by atoms with Crippen LogP contribution in [0.1, 0.15) is 20.7 Å². The van der Waals surface area contributed by atoms with Crippen LogP contribution in [0.3, 0.4) is 0 Å². The standard InChI is InChI=1S/C26H27O9P/c1-30-16-14-20(33-4)22(21(15-16)34-5)25(27)36(29,17-10-8-7-9-11-17)26(28)23-18(31-2)12-13-19(32-3)24(23)35-6/h7-15H,1-6H3. The number of ether oxygens (including phenoxy) is 6. The lowest BCUT2D eigenvalue weighted by Crippen LogP contribution is -2.22. The molecule has 0 N–H and O–H groups in total. The van der Waals surface area contributed by atoms with E-state index in [1.54, 1.807) is 24.3 Å². The summed E-state index contributed by atoms with van der Waals surface area (Å²) in [5.74, 6) is 0.662. The highest BCUT2D eigenvalue weighted by Gasteiger charge is 2.47. The van der Waals surface area contributed by atoms with Gasteiger partial charge in [0.05, 0.1) is 42.7 Å². The number of benzene rings is 3. The first-order valence-electron chi connectivity index (χ1n) is 10.7. The number of carbonyl (C=O) groups is 2. The van der Waals surface area contributed by atoms with E-state index in [1.165, 1.54) is 73.0 Å². The fourth-order valence-electron chi connectivity index (χ4n) is 3.78. The highest BCUT2D eigenvalue weighted by Crippen LogP contribution is 2.57. The first-order chi connectivity index (χ1) is 17.3. The third kappa shape index (κ3) is 4.50. The van der Waals surface area contributed by atoms with Gasteiger partial charge in [-0.1, -0.05) is 30.3 Å². The molecule has 36 heavy (non-hydrogen) atoms. The molecule has 0 aliphatic heterocycles. The molecule has 0 spiro atoms. The second-order valence-corrected chi connectivity index (χ2v) is 9.89. The monoisotopic (exact) mass is 514 g/mol. The third-order valence-electron chi connectivity index (χ3n) is 5.56. The summed E-state index contributed by atoms with van der Waals surface area (Å²) in [6.45, 7) is 0. The summed E-state index contributed by atoms with van der Waals surface area (Å²) >= 11 is 0. The van der Waals surface area contributed by atoms with Gasteiger partial charge in [0.1, 0.15) is 34.1 Å². The maximum absolute atomic E-state index is 14.8. The molecular weight excluding hydrogens is 487 g/mol. The van der Waals surface area contributed by atoms with Crippen LogP contribution in [0.5, 0.6) is 34.5 Å². The molecule has 9 nitrogen and oxygen atoms in total. The van der Waals surface area contributed by atoms with E-state index in [2.05, 4.69) is 0 Å². The molecule has 0 aliphatic rings. The third-order valence-corrected chi connectivity index (χ3v) is 8.18. The van der Waals surface area contributed by atoms with Gasteiger partial charge in [-0.25, -0.2) is 0 Å². The van der Waals surface area contributed by atoms with Crippen molar-refractivity contribution in [3.8, 4) is 34.5 Å². The normalized spacial score (nSPS) is 12.2. The zero-order valence-corrected chi connectivity index (χ0v) is 21.7. The quantitative estimate of drug-likeness (QED) is 0.344. The molecule has 0 saturated carbocycles. The van der Waals surface area contributed by atoms with Crippen LogP contribution in [0.2, 0.25) is 0 Å². The predicted octanol–water partition coefficient (Wildman–Crippen LogP) is 4.41. The van der Waals surface area contributed by atoms with E-state index < -0.39 is 18.2 Å². The average molecular weight is 514 g/mol. The SMILES string of the molecule is COc1cc(OC)c(C(=O)P(=O)(C(=O)c2c(OC)ccc(OC)c2OC)c2ccccc2)c(OC)c1. The van der Waals surface area contributed by atoms with Gasteiger partial charge < -0.3 is 33.0 Å². The maximum atomic E-state index is 14.8. The van der Waals surface area contributed by atoms with Crippen molar-refractivity contribution >= 4 is 23.5 Å². The van der Waals surface area contributed by atoms with Crippen LogP contribution >= 0.6 is 7.14 Å². The van der Waals surface area contributed by atoms with Gasteiger partial charge in [-0.3, -0.25) is 9.59 Å². The van der Waals surface area contributed by atoms with Crippen molar-refractivity contribution < 1.29 is 42.6 Å². The number of carbonyl (C=O) groups excluding carboxylic acids is 2. The Morgan fingerprint density at radius 1 is 0.583 bits per heavy atom. The van der Waals surface area contributed by atoms with Gasteiger partial charge in [-0.15, -0.1) is 0 Å². The average Bonchev–Trinajstić information content (AvgIpc) is 2.94. The molecule has 0 heterocycles. The first kappa shape index (κ1) is 26.6. The van der Waals surface area contributed by atoms with Crippen molar-refractivity contribution in [3.63, 3.8) is 0 Å². The van der Waals surface area contributed by atoms with E-state index in [1.807, 2.05) is 0 Å². The van der Waals surface area contributed by atoms with E-state index in [-0.39, 0.29) is 45.2 Å². The highest BCUT2D eigenvalue weighted by atomic mass is 31.2. The first-order valence-corrected chi connectivity index (χ1v) is 12.4. The van der Waals surface area contributed by atoms with Crippen molar-refractivity contribution in [2.75, 3.05) is 42.7 Å². The zero-order chi connectivity index (χ0) is 26.5. The van der Waals surface area contributed by atoms with Crippen LogP contribution in [-0.2, 0) is 4.57 Å². The molecule has 3 aromatic rings. The minimum atomic E-state index is -4.61. The van der Waals surface area contributed by atoms with E-state index in [0.29, 0.717) is 5.75 Å². The summed E-state index contributed by atoms with van der Waals surface area (Å²) in [4.78, 5) is 28.4. The molecule has 0 aromatic heterocycles. The van der Waals surface area contributed by atoms with Crippen LogP contribution in [0, 0.1) is 0 Å². The van der Waals surface area contributed by atoms with Crippen LogP contribution in [0.25, 0.3) is 0 Å². The maximum Gasteiger partial charge on any atom is 0.249 e. The molecule has 0 fully saturated rings. The van der Waals surface area contributed by atoms with Gasteiger partial charge in [0.2, 0.25) is 18.2 Å². The van der Waals surface area contributed by atoms with Crippen LogP contribution in [-0.4, -0.2) is 53.7 Å².